The van der Waals surface area contributed by atoms with Crippen LogP contribution < -0.4 is 10.6 Å². The number of ketones is 1. The van der Waals surface area contributed by atoms with Crippen LogP contribution in [-0.4, -0.2) is 71.2 Å². The Hall–Kier alpha value is -3.77. The van der Waals surface area contributed by atoms with Gasteiger partial charge in [0.15, 0.2) is 5.78 Å². The highest BCUT2D eigenvalue weighted by molar-refractivity contribution is 5.93. The first kappa shape index (κ1) is 28.2. The van der Waals surface area contributed by atoms with E-state index in [0.29, 0.717) is 36.5 Å². The van der Waals surface area contributed by atoms with E-state index in [0.717, 1.165) is 31.2 Å². The Kier molecular flexibility index (Phi) is 9.31. The number of aromatic nitrogens is 2. The number of benzene rings is 1. The molecular formula is C30H37FN6O2. The maximum absolute atomic E-state index is 13.5. The highest BCUT2D eigenvalue weighted by Crippen LogP contribution is 2.36. The van der Waals surface area contributed by atoms with Gasteiger partial charge in [-0.2, -0.15) is 4.98 Å². The minimum absolute atomic E-state index is 0.0778. The van der Waals surface area contributed by atoms with Gasteiger partial charge in [0.2, 0.25) is 11.9 Å². The number of rotatable bonds is 11. The largest absolute Gasteiger partial charge is 0.366 e. The number of carbonyl (C=O) groups excluding carboxylic acids is 2. The second-order valence-electron chi connectivity index (χ2n) is 10.8. The summed E-state index contributed by atoms with van der Waals surface area (Å²) in [5.41, 5.74) is 1.30. The Labute approximate surface area is 230 Å². The number of anilines is 3. The van der Waals surface area contributed by atoms with Crippen molar-refractivity contribution >= 4 is 29.1 Å². The normalized spacial score (nSPS) is 19.1. The molecule has 1 aromatic heterocycles. The van der Waals surface area contributed by atoms with Gasteiger partial charge in [0.05, 0.1) is 17.8 Å². The van der Waals surface area contributed by atoms with Crippen LogP contribution in [-0.2, 0) is 9.59 Å². The Morgan fingerprint density at radius 1 is 1.23 bits per heavy atom. The van der Waals surface area contributed by atoms with E-state index in [1.165, 1.54) is 23.1 Å². The van der Waals surface area contributed by atoms with Crippen LogP contribution in [0.25, 0.3) is 0 Å². The van der Waals surface area contributed by atoms with Gasteiger partial charge in [0, 0.05) is 43.7 Å². The summed E-state index contributed by atoms with van der Waals surface area (Å²) >= 11 is 0. The highest BCUT2D eigenvalue weighted by atomic mass is 19.1. The third-order valence-corrected chi connectivity index (χ3v) is 7.05. The van der Waals surface area contributed by atoms with Crippen LogP contribution in [0.5, 0.6) is 0 Å². The van der Waals surface area contributed by atoms with Crippen molar-refractivity contribution in [3.05, 3.63) is 54.0 Å². The topological polar surface area (TPSA) is 90.5 Å². The SMILES string of the molecule is C[C@@H](C(=O)CC1CC(C#Cc2cnc(Nc3cccc(F)c3)nc2NC2CC2)C1)N(C)C(=O)/C=C/CN(C)C. The number of amides is 1. The second kappa shape index (κ2) is 12.9. The fourth-order valence-corrected chi connectivity index (χ4v) is 4.30. The molecule has 0 aliphatic heterocycles. The zero-order valence-corrected chi connectivity index (χ0v) is 23.1. The molecule has 0 spiro atoms. The van der Waals surface area contributed by atoms with Gasteiger partial charge in [0.25, 0.3) is 0 Å². The molecule has 1 amide bonds. The minimum atomic E-state index is -0.459. The van der Waals surface area contributed by atoms with Crippen molar-refractivity contribution in [2.75, 3.05) is 38.3 Å². The number of Topliss-reactive ketones (excluding diaryl/α,β-unsaturated/α-hetero) is 1. The van der Waals surface area contributed by atoms with Gasteiger partial charge >= 0.3 is 0 Å². The van der Waals surface area contributed by atoms with Crippen molar-refractivity contribution in [1.29, 1.82) is 0 Å². The molecule has 4 rings (SSSR count). The molecule has 2 saturated carbocycles. The van der Waals surface area contributed by atoms with Crippen molar-refractivity contribution < 1.29 is 14.0 Å². The Bertz CT molecular complexity index is 1270. The summed E-state index contributed by atoms with van der Waals surface area (Å²) in [6.45, 7) is 2.46. The zero-order valence-electron chi connectivity index (χ0n) is 23.1. The minimum Gasteiger partial charge on any atom is -0.366 e. The van der Waals surface area contributed by atoms with Gasteiger partial charge in [-0.25, -0.2) is 9.37 Å². The molecule has 2 aromatic rings. The number of carbonyl (C=O) groups is 2. The number of halogens is 1. The lowest BCUT2D eigenvalue weighted by Crippen LogP contribution is -2.41. The van der Waals surface area contributed by atoms with Gasteiger partial charge in [-0.1, -0.05) is 24.0 Å². The zero-order chi connectivity index (χ0) is 27.9. The van der Waals surface area contributed by atoms with Gasteiger partial charge in [-0.05, 0) is 70.8 Å². The standard InChI is InChI=1S/C30H37FN6O2/c1-20(37(4)28(39)9-6-14-36(2)3)27(38)17-22-15-21(16-22)10-11-23-19-32-30(35-29(23)33-25-12-13-25)34-26-8-5-7-24(31)18-26/h5-9,18-22,25H,12-17H2,1-4H3,(H2,32,33,34,35)/b9-6+/t20-,21?,22?/m0/s1. The molecule has 1 heterocycles. The lowest BCUT2D eigenvalue weighted by Gasteiger charge is -2.33. The first-order chi connectivity index (χ1) is 18.7. The molecule has 206 valence electrons. The van der Waals surface area contributed by atoms with Crippen LogP contribution >= 0.6 is 0 Å². The fraction of sp³-hybridized carbons (Fsp3) is 0.467. The summed E-state index contributed by atoms with van der Waals surface area (Å²) in [5, 5.41) is 6.46. The summed E-state index contributed by atoms with van der Waals surface area (Å²) in [6, 6.07) is 6.09. The molecule has 0 unspecified atom stereocenters. The molecule has 2 aliphatic carbocycles. The first-order valence-corrected chi connectivity index (χ1v) is 13.5. The molecule has 1 atom stereocenters. The van der Waals surface area contributed by atoms with Crippen LogP contribution in [0.3, 0.4) is 0 Å². The Morgan fingerprint density at radius 3 is 2.69 bits per heavy atom. The maximum Gasteiger partial charge on any atom is 0.246 e. The molecule has 9 heteroatoms. The van der Waals surface area contributed by atoms with Gasteiger partial charge in [-0.15, -0.1) is 0 Å². The third kappa shape index (κ3) is 8.36. The van der Waals surface area contributed by atoms with Crippen LogP contribution in [0, 0.1) is 29.5 Å². The maximum atomic E-state index is 13.5. The monoisotopic (exact) mass is 532 g/mol. The number of likely N-dealkylation sites (N-methyl/N-ethyl adjacent to an activating group) is 2. The van der Waals surface area contributed by atoms with Crippen molar-refractivity contribution in [2.24, 2.45) is 11.8 Å². The molecule has 8 nitrogen and oxygen atoms in total. The lowest BCUT2D eigenvalue weighted by atomic mass is 9.72. The van der Waals surface area contributed by atoms with Crippen molar-refractivity contribution in [2.45, 2.75) is 51.1 Å². The smallest absolute Gasteiger partial charge is 0.246 e. The van der Waals surface area contributed by atoms with E-state index in [2.05, 4.69) is 32.4 Å². The van der Waals surface area contributed by atoms with E-state index in [1.807, 2.05) is 19.0 Å². The summed E-state index contributed by atoms with van der Waals surface area (Å²) in [6.07, 6.45) is 9.37. The molecule has 2 fully saturated rings. The molecular weight excluding hydrogens is 495 g/mol. The molecule has 1 aromatic carbocycles. The number of hydrogen-bond acceptors (Lipinski definition) is 7. The quantitative estimate of drug-likeness (QED) is 0.331. The summed E-state index contributed by atoms with van der Waals surface area (Å²) in [4.78, 5) is 37.6. The molecule has 0 bridgehead atoms. The first-order valence-electron chi connectivity index (χ1n) is 13.5. The number of nitrogens with one attached hydrogen (secondary N) is 2. The predicted octanol–water partition coefficient (Wildman–Crippen LogP) is 4.24. The van der Waals surface area contributed by atoms with E-state index in [4.69, 9.17) is 0 Å². The molecule has 0 radical (unpaired) electrons. The van der Waals surface area contributed by atoms with E-state index in [9.17, 15) is 14.0 Å². The predicted molar refractivity (Wildman–Crippen MR) is 151 cm³/mol. The van der Waals surface area contributed by atoms with E-state index < -0.39 is 6.04 Å². The van der Waals surface area contributed by atoms with Crippen LogP contribution in [0.4, 0.5) is 21.8 Å². The van der Waals surface area contributed by atoms with Crippen molar-refractivity contribution in [3.63, 3.8) is 0 Å². The third-order valence-electron chi connectivity index (χ3n) is 7.05. The van der Waals surface area contributed by atoms with E-state index in [-0.39, 0.29) is 29.3 Å². The van der Waals surface area contributed by atoms with Crippen molar-refractivity contribution in [1.82, 2.24) is 19.8 Å². The van der Waals surface area contributed by atoms with E-state index in [1.54, 1.807) is 38.4 Å². The van der Waals surface area contributed by atoms with Crippen molar-refractivity contribution in [3.8, 4) is 11.8 Å². The molecule has 39 heavy (non-hydrogen) atoms. The molecule has 2 aliphatic rings. The second-order valence-corrected chi connectivity index (χ2v) is 10.8. The average molecular weight is 533 g/mol. The van der Waals surface area contributed by atoms with Crippen LogP contribution in [0.1, 0.15) is 44.6 Å². The van der Waals surface area contributed by atoms with Crippen LogP contribution in [0.15, 0.2) is 42.6 Å². The number of nitrogens with zero attached hydrogens (tertiary/aromatic N) is 4. The summed E-state index contributed by atoms with van der Waals surface area (Å²) in [5.74, 6) is 7.68. The molecule has 2 N–H and O–H groups in total. The lowest BCUT2D eigenvalue weighted by molar-refractivity contribution is -0.134. The summed E-state index contributed by atoms with van der Waals surface area (Å²) in [7, 11) is 5.54. The van der Waals surface area contributed by atoms with Gasteiger partial charge < -0.3 is 20.4 Å². The summed E-state index contributed by atoms with van der Waals surface area (Å²) < 4.78 is 13.5. The van der Waals surface area contributed by atoms with E-state index >= 15 is 0 Å². The van der Waals surface area contributed by atoms with Gasteiger partial charge in [-0.3, -0.25) is 9.59 Å². The fourth-order valence-electron chi connectivity index (χ4n) is 4.30. The average Bonchev–Trinajstić information content (AvgIpc) is 3.69. The van der Waals surface area contributed by atoms with Crippen LogP contribution in [0.2, 0.25) is 0 Å². The number of hydrogen-bond donors (Lipinski definition) is 2. The molecule has 0 saturated heterocycles. The Morgan fingerprint density at radius 2 is 2.00 bits per heavy atom. The van der Waals surface area contributed by atoms with Gasteiger partial charge in [0.1, 0.15) is 11.6 Å². The Balaban J connectivity index is 1.30. The highest BCUT2D eigenvalue weighted by Gasteiger charge is 2.32.